The topological polar surface area (TPSA) is 34.1 Å². The highest BCUT2D eigenvalue weighted by Crippen LogP contribution is 2.41. The second-order valence-corrected chi connectivity index (χ2v) is 8.69. The summed E-state index contributed by atoms with van der Waals surface area (Å²) >= 11 is 15.4. The first-order valence-corrected chi connectivity index (χ1v) is 6.04. The van der Waals surface area contributed by atoms with Crippen LogP contribution in [0.4, 0.5) is 0 Å². The van der Waals surface area contributed by atoms with Crippen LogP contribution in [0.3, 0.4) is 0 Å². The zero-order valence-corrected chi connectivity index (χ0v) is 8.17. The Hall–Kier alpha value is 1.17. The zero-order valence-electron chi connectivity index (χ0n) is 4.27. The smallest absolute Gasteiger partial charge is 0.218 e. The summed E-state index contributed by atoms with van der Waals surface area (Å²) in [6.45, 7) is 0. The second-order valence-electron chi connectivity index (χ2n) is 1.23. The molecule has 0 aliphatic heterocycles. The van der Waals surface area contributed by atoms with Gasteiger partial charge in [-0.25, -0.2) is 8.42 Å². The molecule has 0 aliphatic rings. The number of alkyl halides is 3. The minimum absolute atomic E-state index is 0.282. The van der Waals surface area contributed by atoms with Gasteiger partial charge in [0.15, 0.2) is 0 Å². The molecule has 0 aromatic carbocycles. The molecule has 0 radical (unpaired) electrons. The molecule has 0 fully saturated rings. The number of rotatable bonds is 1. The summed E-state index contributed by atoms with van der Waals surface area (Å²) in [5.41, 5.74) is 0. The van der Waals surface area contributed by atoms with Gasteiger partial charge in [-0.3, -0.25) is 0 Å². The van der Waals surface area contributed by atoms with Crippen LogP contribution < -0.4 is 0 Å². The number of halogens is 3. The molecule has 9 heavy (non-hydrogen) atoms. The molecule has 0 aromatic heterocycles. The lowest BCUT2D eigenvalue weighted by Crippen LogP contribution is -2.00. The zero-order chi connectivity index (χ0) is 7.71. The molecule has 0 rings (SSSR count). The summed E-state index contributed by atoms with van der Waals surface area (Å²) in [6, 6.07) is 0. The monoisotopic (exact) mass is 228 g/mol. The molecule has 0 heterocycles. The summed E-state index contributed by atoms with van der Waals surface area (Å²) < 4.78 is 18.9. The third-order valence-corrected chi connectivity index (χ3v) is 3.91. The van der Waals surface area contributed by atoms with Crippen molar-refractivity contribution in [2.45, 2.75) is 3.12 Å². The lowest BCUT2D eigenvalue weighted by Gasteiger charge is -2.05. The fraction of sp³-hybridized carbons (Fsp3) is 1.00. The predicted molar refractivity (Wildman–Crippen MR) is 42.7 cm³/mol. The molecule has 0 aliphatic carbocycles. The molecule has 56 valence electrons. The average Bonchev–Trinajstić information content (AvgIpc) is 1.14. The summed E-state index contributed by atoms with van der Waals surface area (Å²) in [5.74, 6) is 0. The van der Waals surface area contributed by atoms with Crippen LogP contribution in [0.1, 0.15) is 0 Å². The van der Waals surface area contributed by atoms with Gasteiger partial charge in [-0.2, -0.15) is 0 Å². The Morgan fingerprint density at radius 3 is 1.67 bits per heavy atom. The highest BCUT2D eigenvalue weighted by atomic mass is 35.6. The molecule has 0 unspecified atom stereocenters. The molecule has 0 amide bonds. The van der Waals surface area contributed by atoms with E-state index < -0.39 is 12.0 Å². The van der Waals surface area contributed by atoms with Gasteiger partial charge in [0.1, 0.15) is 0 Å². The summed E-state index contributed by atoms with van der Waals surface area (Å²) in [5, 5.41) is 0. The molecular formula is C2H3Cl3O2S2. The normalized spacial score (nSPS) is 13.8. The maximum absolute atomic E-state index is 10.4. The van der Waals surface area contributed by atoms with Gasteiger partial charge in [0.05, 0.1) is 0 Å². The van der Waals surface area contributed by atoms with Gasteiger partial charge in [-0.1, -0.05) is 34.8 Å². The van der Waals surface area contributed by atoms with Crippen molar-refractivity contribution in [3.8, 4) is 0 Å². The Morgan fingerprint density at radius 1 is 1.33 bits per heavy atom. The molecule has 0 N–H and O–H groups in total. The van der Waals surface area contributed by atoms with Crippen LogP contribution in [0, 0.1) is 0 Å². The van der Waals surface area contributed by atoms with Crippen LogP contribution in [0.25, 0.3) is 0 Å². The van der Waals surface area contributed by atoms with E-state index in [2.05, 4.69) is 0 Å². The van der Waals surface area contributed by atoms with E-state index in [0.29, 0.717) is 0 Å². The molecule has 0 bridgehead atoms. The Morgan fingerprint density at radius 2 is 1.67 bits per heavy atom. The lowest BCUT2D eigenvalue weighted by atomic mass is 11.8. The molecule has 0 saturated heterocycles. The van der Waals surface area contributed by atoms with E-state index in [9.17, 15) is 8.42 Å². The summed E-state index contributed by atoms with van der Waals surface area (Å²) in [6.07, 6.45) is 0.972. The first kappa shape index (κ1) is 10.2. The van der Waals surface area contributed by atoms with Gasteiger partial charge < -0.3 is 0 Å². The molecule has 2 nitrogen and oxygen atoms in total. The maximum atomic E-state index is 10.4. The fourth-order valence-electron chi connectivity index (χ4n) is 0.172. The predicted octanol–water partition coefficient (Wildman–Crippen LogP) is 2.01. The van der Waals surface area contributed by atoms with Crippen LogP contribution >= 0.6 is 45.6 Å². The Labute approximate surface area is 72.2 Å². The highest BCUT2D eigenvalue weighted by Gasteiger charge is 2.26. The van der Waals surface area contributed by atoms with Gasteiger partial charge in [0, 0.05) is 17.0 Å². The first-order chi connectivity index (χ1) is 3.71. The first-order valence-electron chi connectivity index (χ1n) is 1.68. The van der Waals surface area contributed by atoms with E-state index in [1.807, 2.05) is 0 Å². The van der Waals surface area contributed by atoms with E-state index in [4.69, 9.17) is 34.8 Å². The van der Waals surface area contributed by atoms with Crippen LogP contribution in [-0.4, -0.2) is 17.8 Å². The van der Waals surface area contributed by atoms with Crippen molar-refractivity contribution in [3.05, 3.63) is 0 Å². The van der Waals surface area contributed by atoms with Crippen molar-refractivity contribution in [2.75, 3.05) is 6.26 Å². The highest BCUT2D eigenvalue weighted by molar-refractivity contribution is 8.73. The Balaban J connectivity index is 4.07. The molecular weight excluding hydrogens is 227 g/mol. The summed E-state index contributed by atoms with van der Waals surface area (Å²) in [4.78, 5) is 0. The van der Waals surface area contributed by atoms with Crippen molar-refractivity contribution in [1.82, 2.24) is 0 Å². The van der Waals surface area contributed by atoms with Crippen molar-refractivity contribution >= 4 is 54.5 Å². The Kier molecular flexibility index (Phi) is 3.44. The van der Waals surface area contributed by atoms with Crippen LogP contribution in [-0.2, 0) is 8.87 Å². The van der Waals surface area contributed by atoms with E-state index in [0.717, 1.165) is 6.26 Å². The quantitative estimate of drug-likeness (QED) is 0.509. The van der Waals surface area contributed by atoms with Gasteiger partial charge in [-0.05, 0) is 0 Å². The maximum Gasteiger partial charge on any atom is 0.251 e. The molecule has 0 spiro atoms. The van der Waals surface area contributed by atoms with Gasteiger partial charge in [0.25, 0.3) is 3.12 Å². The summed E-state index contributed by atoms with van der Waals surface area (Å²) in [7, 11) is -2.98. The van der Waals surface area contributed by atoms with Crippen molar-refractivity contribution in [3.63, 3.8) is 0 Å². The third-order valence-electron chi connectivity index (χ3n) is 0.246. The van der Waals surface area contributed by atoms with Gasteiger partial charge >= 0.3 is 0 Å². The lowest BCUT2D eigenvalue weighted by molar-refractivity contribution is 0.615. The third kappa shape index (κ3) is 9.17. The van der Waals surface area contributed by atoms with E-state index >= 15 is 0 Å². The molecule has 0 aromatic rings. The van der Waals surface area contributed by atoms with Crippen LogP contribution in [0.2, 0.25) is 0 Å². The van der Waals surface area contributed by atoms with Crippen molar-refractivity contribution in [1.29, 1.82) is 0 Å². The van der Waals surface area contributed by atoms with Crippen molar-refractivity contribution < 1.29 is 8.42 Å². The van der Waals surface area contributed by atoms with Gasteiger partial charge in [0.2, 0.25) is 8.87 Å². The fourth-order valence-corrected chi connectivity index (χ4v) is 4.63. The van der Waals surface area contributed by atoms with Crippen LogP contribution in [0.5, 0.6) is 0 Å². The average molecular weight is 230 g/mol. The van der Waals surface area contributed by atoms with E-state index in [-0.39, 0.29) is 10.8 Å². The van der Waals surface area contributed by atoms with E-state index in [1.165, 1.54) is 0 Å². The molecule has 7 heteroatoms. The largest absolute Gasteiger partial charge is 0.251 e. The number of hydrogen-bond acceptors (Lipinski definition) is 3. The van der Waals surface area contributed by atoms with Crippen molar-refractivity contribution in [2.24, 2.45) is 0 Å². The minimum Gasteiger partial charge on any atom is -0.218 e. The van der Waals surface area contributed by atoms with Crippen LogP contribution in [0.15, 0.2) is 0 Å². The van der Waals surface area contributed by atoms with E-state index in [1.54, 1.807) is 0 Å². The second kappa shape index (κ2) is 3.05. The standard InChI is InChI=1S/C2H3Cl3O2S2/c1-9(6,7)8-2(3,4)5/h1H3. The SMILES string of the molecule is CS(=O)(=O)SC(Cl)(Cl)Cl. The minimum atomic E-state index is -3.26. The Bertz CT molecular complexity index is 178. The molecule has 0 atom stereocenters. The van der Waals surface area contributed by atoms with Gasteiger partial charge in [-0.15, -0.1) is 0 Å². The number of hydrogen-bond donors (Lipinski definition) is 0. The molecule has 0 saturated carbocycles.